The van der Waals surface area contributed by atoms with Crippen molar-refractivity contribution in [1.82, 2.24) is 10.6 Å². The minimum atomic E-state index is -1.15. The van der Waals surface area contributed by atoms with Gasteiger partial charge in [-0.15, -0.1) is 0 Å². The highest BCUT2D eigenvalue weighted by Crippen LogP contribution is 2.33. The van der Waals surface area contributed by atoms with E-state index in [4.69, 9.17) is 14.3 Å². The minimum absolute atomic E-state index is 0.311. The Kier molecular flexibility index (Phi) is 6.59. The molecule has 0 radical (unpaired) electrons. The van der Waals surface area contributed by atoms with Gasteiger partial charge in [0.25, 0.3) is 0 Å². The molecule has 0 saturated carbocycles. The van der Waals surface area contributed by atoms with Crippen LogP contribution in [0.5, 0.6) is 5.75 Å². The normalized spacial score (nSPS) is 11.3. The number of hydrogen-bond acceptors (Lipinski definition) is 5. The zero-order valence-corrected chi connectivity index (χ0v) is 15.4. The van der Waals surface area contributed by atoms with Crippen LogP contribution in [0.2, 0.25) is 0 Å². The Morgan fingerprint density at radius 2 is 1.96 bits per heavy atom. The monoisotopic (exact) mass is 374 g/mol. The molecule has 0 saturated heterocycles. The van der Waals surface area contributed by atoms with Crippen LogP contribution in [-0.4, -0.2) is 42.6 Å². The molecule has 0 bridgehead atoms. The van der Waals surface area contributed by atoms with Crippen molar-refractivity contribution in [2.24, 2.45) is 0 Å². The molecule has 27 heavy (non-hydrogen) atoms. The molecule has 8 nitrogen and oxygen atoms in total. The fourth-order valence-corrected chi connectivity index (χ4v) is 2.49. The van der Waals surface area contributed by atoms with Crippen molar-refractivity contribution in [1.29, 1.82) is 0 Å². The molecule has 1 aromatic carbocycles. The average molecular weight is 374 g/mol. The van der Waals surface area contributed by atoms with E-state index in [0.29, 0.717) is 23.5 Å². The first-order chi connectivity index (χ1) is 12.8. The minimum Gasteiger partial charge on any atom is -0.493 e. The highest BCUT2D eigenvalue weighted by Gasteiger charge is 2.13. The largest absolute Gasteiger partial charge is 0.493 e. The summed E-state index contributed by atoms with van der Waals surface area (Å²) in [5.74, 6) is -1.61. The summed E-state index contributed by atoms with van der Waals surface area (Å²) in [6, 6.07) is 3.69. The first-order valence-electron chi connectivity index (χ1n) is 8.41. The van der Waals surface area contributed by atoms with E-state index >= 15 is 0 Å². The van der Waals surface area contributed by atoms with Gasteiger partial charge in [-0.3, -0.25) is 14.4 Å². The van der Waals surface area contributed by atoms with E-state index in [-0.39, 0.29) is 6.54 Å². The van der Waals surface area contributed by atoms with Gasteiger partial charge in [-0.2, -0.15) is 0 Å². The highest BCUT2D eigenvalue weighted by molar-refractivity contribution is 5.98. The lowest BCUT2D eigenvalue weighted by Crippen LogP contribution is -2.38. The van der Waals surface area contributed by atoms with Gasteiger partial charge >= 0.3 is 5.97 Å². The maximum Gasteiger partial charge on any atom is 0.322 e. The summed E-state index contributed by atoms with van der Waals surface area (Å²) in [5.41, 5.74) is 3.08. The summed E-state index contributed by atoms with van der Waals surface area (Å²) in [6.07, 6.45) is 3.02. The van der Waals surface area contributed by atoms with Crippen LogP contribution in [0.15, 0.2) is 28.9 Å². The van der Waals surface area contributed by atoms with Gasteiger partial charge in [0.15, 0.2) is 0 Å². The van der Waals surface area contributed by atoms with Gasteiger partial charge in [0.05, 0.1) is 19.4 Å². The number of carbonyl (C=O) groups excluding carboxylic acids is 2. The predicted octanol–water partition coefficient (Wildman–Crippen LogP) is 1.86. The highest BCUT2D eigenvalue weighted by atomic mass is 16.5. The van der Waals surface area contributed by atoms with Crippen molar-refractivity contribution in [3.63, 3.8) is 0 Å². The molecule has 0 unspecified atom stereocenters. The number of hydrogen-bond donors (Lipinski definition) is 3. The summed E-state index contributed by atoms with van der Waals surface area (Å²) in [6.45, 7) is 5.21. The van der Waals surface area contributed by atoms with Crippen LogP contribution in [0.4, 0.5) is 0 Å². The van der Waals surface area contributed by atoms with Crippen LogP contribution in [0.1, 0.15) is 25.0 Å². The van der Waals surface area contributed by atoms with Crippen LogP contribution < -0.4 is 15.4 Å². The number of carboxylic acids is 1. The molecule has 2 amide bonds. The summed E-state index contributed by atoms with van der Waals surface area (Å²) in [7, 11) is 0. The van der Waals surface area contributed by atoms with E-state index in [9.17, 15) is 14.4 Å². The van der Waals surface area contributed by atoms with Gasteiger partial charge < -0.3 is 24.9 Å². The van der Waals surface area contributed by atoms with Crippen molar-refractivity contribution in [3.05, 3.63) is 35.6 Å². The van der Waals surface area contributed by atoms with Gasteiger partial charge in [0, 0.05) is 23.1 Å². The molecule has 2 rings (SSSR count). The van der Waals surface area contributed by atoms with E-state index in [2.05, 4.69) is 10.6 Å². The van der Waals surface area contributed by atoms with Crippen LogP contribution in [0, 0.1) is 6.92 Å². The van der Waals surface area contributed by atoms with Crippen molar-refractivity contribution in [3.8, 4) is 5.75 Å². The quantitative estimate of drug-likeness (QED) is 0.607. The number of fused-ring (bicyclic) bond motifs is 1. The molecule has 8 heteroatoms. The number of carboxylic acid groups (broad SMARTS) is 1. The van der Waals surface area contributed by atoms with E-state index in [1.165, 1.54) is 6.08 Å². The zero-order chi connectivity index (χ0) is 20.0. The van der Waals surface area contributed by atoms with Gasteiger partial charge in [0.2, 0.25) is 11.8 Å². The molecule has 0 atom stereocenters. The lowest BCUT2D eigenvalue weighted by Gasteiger charge is -2.11. The van der Waals surface area contributed by atoms with E-state index in [1.54, 1.807) is 19.3 Å². The Bertz CT molecular complexity index is 897. The molecule has 0 aliphatic carbocycles. The number of benzene rings is 1. The third kappa shape index (κ3) is 5.34. The fraction of sp³-hybridized carbons (Fsp3) is 0.316. The second kappa shape index (κ2) is 8.88. The molecule has 1 heterocycles. The van der Waals surface area contributed by atoms with E-state index in [1.807, 2.05) is 19.9 Å². The van der Waals surface area contributed by atoms with Gasteiger partial charge in [0.1, 0.15) is 17.9 Å². The van der Waals surface area contributed by atoms with Crippen molar-refractivity contribution in [2.45, 2.75) is 20.8 Å². The maximum atomic E-state index is 12.1. The number of amides is 2. The van der Waals surface area contributed by atoms with Gasteiger partial charge in [-0.1, -0.05) is 0 Å². The van der Waals surface area contributed by atoms with Crippen LogP contribution in [0.3, 0.4) is 0 Å². The number of carbonyl (C=O) groups is 3. The SMILES string of the molecule is CCOc1cc2occ(C)c2cc1/C(C)=C/C(=O)NCC(=O)NCC(=O)O. The molecular formula is C19H22N2O6. The van der Waals surface area contributed by atoms with E-state index in [0.717, 1.165) is 16.5 Å². The molecule has 0 aliphatic rings. The average Bonchev–Trinajstić information content (AvgIpc) is 2.98. The first-order valence-corrected chi connectivity index (χ1v) is 8.41. The molecular weight excluding hydrogens is 352 g/mol. The third-order valence-corrected chi connectivity index (χ3v) is 3.80. The Balaban J connectivity index is 2.14. The summed E-state index contributed by atoms with van der Waals surface area (Å²) < 4.78 is 11.1. The van der Waals surface area contributed by atoms with Crippen LogP contribution in [-0.2, 0) is 14.4 Å². The second-order valence-corrected chi connectivity index (χ2v) is 5.91. The Morgan fingerprint density at radius 3 is 2.63 bits per heavy atom. The van der Waals surface area contributed by atoms with Gasteiger partial charge in [-0.05, 0) is 38.0 Å². The molecule has 0 spiro atoms. The summed E-state index contributed by atoms with van der Waals surface area (Å²) in [4.78, 5) is 33.9. The summed E-state index contributed by atoms with van der Waals surface area (Å²) in [5, 5.41) is 14.0. The lowest BCUT2D eigenvalue weighted by atomic mass is 10.0. The Hall–Kier alpha value is -3.29. The molecule has 1 aromatic heterocycles. The van der Waals surface area contributed by atoms with E-state index < -0.39 is 24.3 Å². The number of rotatable bonds is 8. The summed E-state index contributed by atoms with van der Waals surface area (Å²) >= 11 is 0. The zero-order valence-electron chi connectivity index (χ0n) is 15.4. The topological polar surface area (TPSA) is 118 Å². The van der Waals surface area contributed by atoms with Crippen molar-refractivity contribution >= 4 is 34.3 Å². The predicted molar refractivity (Wildman–Crippen MR) is 99.4 cm³/mol. The number of aliphatic carboxylic acids is 1. The molecule has 144 valence electrons. The Morgan fingerprint density at radius 1 is 1.22 bits per heavy atom. The molecule has 0 aliphatic heterocycles. The van der Waals surface area contributed by atoms with Gasteiger partial charge in [-0.25, -0.2) is 0 Å². The fourth-order valence-electron chi connectivity index (χ4n) is 2.49. The van der Waals surface area contributed by atoms with Crippen LogP contribution >= 0.6 is 0 Å². The lowest BCUT2D eigenvalue weighted by molar-refractivity contribution is -0.137. The number of ether oxygens (including phenoxy) is 1. The van der Waals surface area contributed by atoms with Crippen LogP contribution in [0.25, 0.3) is 16.5 Å². The molecule has 3 N–H and O–H groups in total. The number of furan rings is 1. The van der Waals surface area contributed by atoms with Crippen molar-refractivity contribution in [2.75, 3.05) is 19.7 Å². The number of nitrogens with one attached hydrogen (secondary N) is 2. The second-order valence-electron chi connectivity index (χ2n) is 5.91. The molecule has 2 aromatic rings. The Labute approximate surface area is 156 Å². The smallest absolute Gasteiger partial charge is 0.322 e. The van der Waals surface area contributed by atoms with Crippen molar-refractivity contribution < 1.29 is 28.6 Å². The third-order valence-electron chi connectivity index (χ3n) is 3.80. The standard InChI is InChI=1S/C19H22N2O6/c1-4-26-15-7-16-14(12(3)10-27-16)6-13(15)11(2)5-17(22)20-8-18(23)21-9-19(24)25/h5-7,10H,4,8-9H2,1-3H3,(H,20,22)(H,21,23)(H,24,25)/b11-5+. The number of allylic oxidation sites excluding steroid dienone is 1. The first kappa shape index (κ1) is 20.0. The number of aryl methyl sites for hydroxylation is 1. The maximum absolute atomic E-state index is 12.1. The molecule has 0 fully saturated rings.